The summed E-state index contributed by atoms with van der Waals surface area (Å²) in [5.74, 6) is -0.586. The van der Waals surface area contributed by atoms with Crippen LogP contribution in [0.15, 0.2) is 23.1 Å². The van der Waals surface area contributed by atoms with Gasteiger partial charge in [-0.05, 0) is 50.8 Å². The van der Waals surface area contributed by atoms with Crippen molar-refractivity contribution in [3.63, 3.8) is 0 Å². The van der Waals surface area contributed by atoms with E-state index >= 15 is 0 Å². The molecular formula is C16H22ClFN2O3S. The van der Waals surface area contributed by atoms with Crippen LogP contribution in [0.25, 0.3) is 0 Å². The van der Waals surface area contributed by atoms with Gasteiger partial charge in [0.15, 0.2) is 0 Å². The first-order chi connectivity index (χ1) is 11.1. The first-order valence-electron chi connectivity index (χ1n) is 7.89. The second-order valence-corrected chi connectivity index (χ2v) is 8.72. The van der Waals surface area contributed by atoms with Gasteiger partial charge in [0.2, 0.25) is 15.9 Å². The molecule has 1 saturated carbocycles. The molecule has 0 atom stereocenters. The molecule has 0 radical (unpaired) electrons. The molecule has 8 heteroatoms. The van der Waals surface area contributed by atoms with Gasteiger partial charge in [0.25, 0.3) is 0 Å². The van der Waals surface area contributed by atoms with Gasteiger partial charge in [0.05, 0.1) is 5.02 Å². The number of halogens is 2. The lowest BCUT2D eigenvalue weighted by molar-refractivity contribution is -0.125. The van der Waals surface area contributed by atoms with Crippen molar-refractivity contribution in [1.29, 1.82) is 0 Å². The Kier molecular flexibility index (Phi) is 5.88. The molecule has 1 aliphatic carbocycles. The first kappa shape index (κ1) is 19.1. The molecule has 2 rings (SSSR count). The number of hydrogen-bond donors (Lipinski definition) is 2. The van der Waals surface area contributed by atoms with E-state index < -0.39 is 27.3 Å². The lowest BCUT2D eigenvalue weighted by Crippen LogP contribution is -2.55. The van der Waals surface area contributed by atoms with Crippen molar-refractivity contribution in [3.05, 3.63) is 29.0 Å². The average Bonchev–Trinajstić information content (AvgIpc) is 2.96. The molecule has 0 spiro atoms. The Balaban J connectivity index is 2.06. The van der Waals surface area contributed by atoms with Crippen LogP contribution < -0.4 is 10.0 Å². The van der Waals surface area contributed by atoms with E-state index in [9.17, 15) is 17.6 Å². The van der Waals surface area contributed by atoms with E-state index in [2.05, 4.69) is 10.0 Å². The van der Waals surface area contributed by atoms with Crippen LogP contribution in [0.4, 0.5) is 4.39 Å². The number of rotatable bonds is 6. The third-order valence-electron chi connectivity index (χ3n) is 4.17. The van der Waals surface area contributed by atoms with Crippen LogP contribution in [0.5, 0.6) is 0 Å². The maximum absolute atomic E-state index is 13.1. The second-order valence-electron chi connectivity index (χ2n) is 6.67. The zero-order valence-corrected chi connectivity index (χ0v) is 15.3. The van der Waals surface area contributed by atoms with Crippen molar-refractivity contribution < 1.29 is 17.6 Å². The molecule has 1 fully saturated rings. The monoisotopic (exact) mass is 376 g/mol. The van der Waals surface area contributed by atoms with E-state index in [0.717, 1.165) is 31.0 Å². The van der Waals surface area contributed by atoms with E-state index in [1.54, 1.807) is 0 Å². The van der Waals surface area contributed by atoms with Crippen LogP contribution in [-0.2, 0) is 14.8 Å². The summed E-state index contributed by atoms with van der Waals surface area (Å²) in [5, 5.41) is 2.57. The summed E-state index contributed by atoms with van der Waals surface area (Å²) < 4.78 is 40.3. The third-order valence-corrected chi connectivity index (χ3v) is 6.31. The second kappa shape index (κ2) is 7.37. The molecule has 1 aromatic carbocycles. The zero-order chi connectivity index (χ0) is 18.0. The highest BCUT2D eigenvalue weighted by molar-refractivity contribution is 7.89. The number of hydrogen-bond acceptors (Lipinski definition) is 3. The largest absolute Gasteiger partial charge is 0.354 e. The van der Waals surface area contributed by atoms with Crippen LogP contribution in [0, 0.1) is 11.7 Å². The van der Waals surface area contributed by atoms with E-state index in [4.69, 9.17) is 11.6 Å². The molecule has 2 N–H and O–H groups in total. The van der Waals surface area contributed by atoms with Gasteiger partial charge in [-0.2, -0.15) is 4.72 Å². The minimum Gasteiger partial charge on any atom is -0.354 e. The maximum Gasteiger partial charge on any atom is 0.243 e. The highest BCUT2D eigenvalue weighted by Crippen LogP contribution is 2.25. The van der Waals surface area contributed by atoms with Crippen LogP contribution in [0.1, 0.15) is 39.5 Å². The Morgan fingerprint density at radius 3 is 2.54 bits per heavy atom. The Labute approximate surface area is 147 Å². The highest BCUT2D eigenvalue weighted by atomic mass is 35.5. The first-order valence-corrected chi connectivity index (χ1v) is 9.75. The topological polar surface area (TPSA) is 75.3 Å². The number of carbonyl (C=O) groups is 1. The van der Waals surface area contributed by atoms with Crippen molar-refractivity contribution >= 4 is 27.5 Å². The van der Waals surface area contributed by atoms with Gasteiger partial charge in [-0.15, -0.1) is 0 Å². The van der Waals surface area contributed by atoms with Gasteiger partial charge in [0.1, 0.15) is 16.3 Å². The highest BCUT2D eigenvalue weighted by Gasteiger charge is 2.34. The van der Waals surface area contributed by atoms with Gasteiger partial charge >= 0.3 is 0 Å². The zero-order valence-electron chi connectivity index (χ0n) is 13.7. The van der Waals surface area contributed by atoms with Gasteiger partial charge in [-0.3, -0.25) is 4.79 Å². The fourth-order valence-corrected chi connectivity index (χ4v) is 4.71. The molecule has 0 saturated heterocycles. The molecule has 5 nitrogen and oxygen atoms in total. The number of amides is 1. The molecule has 0 heterocycles. The minimum absolute atomic E-state index is 0.232. The van der Waals surface area contributed by atoms with Crippen LogP contribution >= 0.6 is 11.6 Å². The Bertz CT molecular complexity index is 716. The van der Waals surface area contributed by atoms with Crippen molar-refractivity contribution in [2.45, 2.75) is 50.0 Å². The van der Waals surface area contributed by atoms with E-state index in [0.29, 0.717) is 12.5 Å². The van der Waals surface area contributed by atoms with Crippen LogP contribution in [0.2, 0.25) is 5.02 Å². The van der Waals surface area contributed by atoms with Gasteiger partial charge < -0.3 is 5.32 Å². The quantitative estimate of drug-likeness (QED) is 0.801. The van der Waals surface area contributed by atoms with Gasteiger partial charge in [0, 0.05) is 6.54 Å². The Hall–Kier alpha value is -1.18. The Morgan fingerprint density at radius 2 is 1.96 bits per heavy atom. The SMILES string of the molecule is CC(C)(NS(=O)(=O)c1ccc(F)cc1Cl)C(=O)NCC1CCCC1. The molecule has 0 aliphatic heterocycles. The molecule has 134 valence electrons. The van der Waals surface area contributed by atoms with Crippen molar-refractivity contribution in [1.82, 2.24) is 10.0 Å². The number of carbonyl (C=O) groups excluding carboxylic acids is 1. The predicted molar refractivity (Wildman–Crippen MR) is 90.8 cm³/mol. The smallest absolute Gasteiger partial charge is 0.243 e. The standard InChI is InChI=1S/C16H22ClFN2O3S/c1-16(2,15(21)19-10-11-5-3-4-6-11)20-24(22,23)14-8-7-12(18)9-13(14)17/h7-9,11,20H,3-6,10H2,1-2H3,(H,19,21). The van der Waals surface area contributed by atoms with Gasteiger partial charge in [-0.1, -0.05) is 24.4 Å². The summed E-state index contributed by atoms with van der Waals surface area (Å²) in [4.78, 5) is 12.1. The van der Waals surface area contributed by atoms with Crippen molar-refractivity contribution in [3.8, 4) is 0 Å². The summed E-state index contributed by atoms with van der Waals surface area (Å²) in [6, 6.07) is 3.00. The van der Waals surface area contributed by atoms with Crippen LogP contribution in [0.3, 0.4) is 0 Å². The minimum atomic E-state index is -4.06. The summed E-state index contributed by atoms with van der Waals surface area (Å²) >= 11 is 5.81. The number of sulfonamides is 1. The normalized spacial score (nSPS) is 16.3. The molecule has 24 heavy (non-hydrogen) atoms. The molecular weight excluding hydrogens is 355 g/mol. The van der Waals surface area contributed by atoms with E-state index in [-0.39, 0.29) is 9.92 Å². The Morgan fingerprint density at radius 1 is 1.33 bits per heavy atom. The van der Waals surface area contributed by atoms with E-state index in [1.165, 1.54) is 26.7 Å². The maximum atomic E-state index is 13.1. The molecule has 1 aromatic rings. The summed E-state index contributed by atoms with van der Waals surface area (Å²) in [6.45, 7) is 3.50. The lowest BCUT2D eigenvalue weighted by atomic mass is 10.0. The number of nitrogens with one attached hydrogen (secondary N) is 2. The van der Waals surface area contributed by atoms with Crippen LogP contribution in [-0.4, -0.2) is 26.4 Å². The van der Waals surface area contributed by atoms with Gasteiger partial charge in [-0.25, -0.2) is 12.8 Å². The molecule has 1 aliphatic rings. The molecule has 0 unspecified atom stereocenters. The van der Waals surface area contributed by atoms with Crippen molar-refractivity contribution in [2.75, 3.05) is 6.54 Å². The molecule has 0 bridgehead atoms. The van der Waals surface area contributed by atoms with E-state index in [1.807, 2.05) is 0 Å². The summed E-state index contributed by atoms with van der Waals surface area (Å²) in [5.41, 5.74) is -1.35. The van der Waals surface area contributed by atoms with Crippen molar-refractivity contribution in [2.24, 2.45) is 5.92 Å². The molecule has 1 amide bonds. The average molecular weight is 377 g/mol. The molecule has 0 aromatic heterocycles. The fourth-order valence-electron chi connectivity index (χ4n) is 2.80. The predicted octanol–water partition coefficient (Wildman–Crippen LogP) is 2.84. The fraction of sp³-hybridized carbons (Fsp3) is 0.562. The summed E-state index contributed by atoms with van der Waals surface area (Å²) in [6.07, 6.45) is 4.49. The summed E-state index contributed by atoms with van der Waals surface area (Å²) in [7, 11) is -4.06. The lowest BCUT2D eigenvalue weighted by Gasteiger charge is -2.26. The third kappa shape index (κ3) is 4.68. The number of benzene rings is 1.